The first-order valence-corrected chi connectivity index (χ1v) is 22.1. The van der Waals surface area contributed by atoms with Crippen LogP contribution in [0.1, 0.15) is 239 Å². The average Bonchev–Trinajstić information content (AvgIpc) is 3.10. The van der Waals surface area contributed by atoms with Gasteiger partial charge in [-0.25, -0.2) is 0 Å². The fourth-order valence-corrected chi connectivity index (χ4v) is 6.78. The van der Waals surface area contributed by atoms with Crippen molar-refractivity contribution in [2.24, 2.45) is 0 Å². The summed E-state index contributed by atoms with van der Waals surface area (Å²) in [6.45, 7) is 4.26. The highest BCUT2D eigenvalue weighted by molar-refractivity contribution is 5.76. The lowest BCUT2D eigenvalue weighted by Gasteiger charge is -2.19. The molecule has 0 bridgehead atoms. The molecule has 0 aromatic rings. The van der Waals surface area contributed by atoms with Gasteiger partial charge < -0.3 is 15.5 Å². The summed E-state index contributed by atoms with van der Waals surface area (Å²) in [5, 5.41) is 22.8. The number of hydrogen-bond acceptors (Lipinski definition) is 3. The standard InChI is InChI=1S/C45H87NO3/c1-3-5-7-9-11-13-14-15-16-17-18-19-20-21-22-23-24-25-26-27-28-29-30-31-33-35-37-39-41-45(49)46-43(42-47)44(48)40-38-36-34-32-12-10-8-6-4-2/h12,32,38,40,43-44,47-48H,3-11,13-31,33-37,39,41-42H2,1-2H3,(H,46,49)/b32-12+,40-38+. The van der Waals surface area contributed by atoms with Gasteiger partial charge in [-0.3, -0.25) is 4.79 Å². The van der Waals surface area contributed by atoms with Gasteiger partial charge in [-0.15, -0.1) is 0 Å². The van der Waals surface area contributed by atoms with Gasteiger partial charge in [0.2, 0.25) is 5.91 Å². The van der Waals surface area contributed by atoms with Crippen molar-refractivity contribution >= 4 is 5.91 Å². The molecule has 0 aliphatic heterocycles. The SMILES string of the molecule is CCCCC/C=C/CC/C=C/C(O)C(CO)NC(=O)CCCCCCCCCCCCCCCCCCCCCCCCCCCCCC. The minimum atomic E-state index is -0.855. The molecule has 0 saturated carbocycles. The third-order valence-corrected chi connectivity index (χ3v) is 10.2. The molecule has 0 rings (SSSR count). The Balaban J connectivity index is 3.41. The third-order valence-electron chi connectivity index (χ3n) is 10.2. The van der Waals surface area contributed by atoms with Gasteiger partial charge in [0.1, 0.15) is 0 Å². The fourth-order valence-electron chi connectivity index (χ4n) is 6.78. The lowest BCUT2D eigenvalue weighted by Crippen LogP contribution is -2.45. The second-order valence-electron chi connectivity index (χ2n) is 15.1. The molecule has 0 radical (unpaired) electrons. The molecular weight excluding hydrogens is 602 g/mol. The van der Waals surface area contributed by atoms with Gasteiger partial charge in [-0.2, -0.15) is 0 Å². The monoisotopic (exact) mass is 690 g/mol. The second kappa shape index (κ2) is 41.3. The number of allylic oxidation sites excluding steroid dienone is 3. The van der Waals surface area contributed by atoms with Crippen molar-refractivity contribution in [3.63, 3.8) is 0 Å². The summed E-state index contributed by atoms with van der Waals surface area (Å²) in [7, 11) is 0. The number of aliphatic hydroxyl groups is 2. The van der Waals surface area contributed by atoms with E-state index in [-0.39, 0.29) is 12.5 Å². The summed E-state index contributed by atoms with van der Waals surface area (Å²) < 4.78 is 0. The number of unbranched alkanes of at least 4 members (excludes halogenated alkanes) is 31. The second-order valence-corrected chi connectivity index (χ2v) is 15.1. The molecule has 0 heterocycles. The van der Waals surface area contributed by atoms with Gasteiger partial charge in [0.05, 0.1) is 18.8 Å². The predicted molar refractivity (Wildman–Crippen MR) is 216 cm³/mol. The molecule has 0 aliphatic carbocycles. The number of rotatable bonds is 40. The van der Waals surface area contributed by atoms with E-state index in [9.17, 15) is 15.0 Å². The van der Waals surface area contributed by atoms with Gasteiger partial charge in [0.15, 0.2) is 0 Å². The molecule has 0 aromatic heterocycles. The highest BCUT2D eigenvalue weighted by Crippen LogP contribution is 2.16. The number of aliphatic hydroxyl groups excluding tert-OH is 2. The van der Waals surface area contributed by atoms with Crippen LogP contribution in [0.25, 0.3) is 0 Å². The van der Waals surface area contributed by atoms with E-state index in [2.05, 4.69) is 31.3 Å². The molecule has 49 heavy (non-hydrogen) atoms. The van der Waals surface area contributed by atoms with Crippen molar-refractivity contribution in [1.29, 1.82) is 0 Å². The maximum absolute atomic E-state index is 12.3. The minimum Gasteiger partial charge on any atom is -0.394 e. The normalized spacial score (nSPS) is 13.1. The third kappa shape index (κ3) is 37.9. The van der Waals surface area contributed by atoms with Crippen molar-refractivity contribution in [1.82, 2.24) is 5.32 Å². The fraction of sp³-hybridized carbons (Fsp3) is 0.889. The molecule has 2 unspecified atom stereocenters. The van der Waals surface area contributed by atoms with E-state index in [0.717, 1.165) is 32.1 Å². The summed E-state index contributed by atoms with van der Waals surface area (Å²) in [6, 6.07) is -0.632. The molecule has 4 nitrogen and oxygen atoms in total. The first-order chi connectivity index (χ1) is 24.2. The number of carbonyl (C=O) groups excluding carboxylic acids is 1. The van der Waals surface area contributed by atoms with Crippen LogP contribution in [-0.2, 0) is 4.79 Å². The molecule has 0 spiro atoms. The van der Waals surface area contributed by atoms with Crippen LogP contribution in [-0.4, -0.2) is 34.9 Å². The van der Waals surface area contributed by atoms with Gasteiger partial charge in [0, 0.05) is 6.42 Å². The molecule has 4 heteroatoms. The summed E-state index contributed by atoms with van der Waals surface area (Å²) in [4.78, 5) is 12.3. The van der Waals surface area contributed by atoms with Crippen LogP contribution < -0.4 is 5.32 Å². The van der Waals surface area contributed by atoms with Gasteiger partial charge >= 0.3 is 0 Å². The van der Waals surface area contributed by atoms with E-state index in [1.165, 1.54) is 186 Å². The van der Waals surface area contributed by atoms with Crippen LogP contribution in [0.2, 0.25) is 0 Å². The molecule has 1 amide bonds. The number of amides is 1. The molecule has 2 atom stereocenters. The largest absolute Gasteiger partial charge is 0.394 e. The molecule has 0 aliphatic rings. The zero-order valence-corrected chi connectivity index (χ0v) is 33.2. The maximum Gasteiger partial charge on any atom is 0.220 e. The van der Waals surface area contributed by atoms with Gasteiger partial charge in [0.25, 0.3) is 0 Å². The molecule has 290 valence electrons. The highest BCUT2D eigenvalue weighted by Gasteiger charge is 2.17. The van der Waals surface area contributed by atoms with Crippen LogP contribution in [0, 0.1) is 0 Å². The summed E-state index contributed by atoms with van der Waals surface area (Å²) >= 11 is 0. The topological polar surface area (TPSA) is 69.6 Å². The Hall–Kier alpha value is -1.13. The first kappa shape index (κ1) is 47.9. The average molecular weight is 690 g/mol. The van der Waals surface area contributed by atoms with Crippen LogP contribution in [0.5, 0.6) is 0 Å². The number of carbonyl (C=O) groups is 1. The van der Waals surface area contributed by atoms with Crippen LogP contribution in [0.15, 0.2) is 24.3 Å². The Morgan fingerprint density at radius 1 is 0.469 bits per heavy atom. The minimum absolute atomic E-state index is 0.0728. The van der Waals surface area contributed by atoms with Gasteiger partial charge in [-0.1, -0.05) is 224 Å². The maximum atomic E-state index is 12.3. The Kier molecular flexibility index (Phi) is 40.3. The quantitative estimate of drug-likeness (QED) is 0.0443. The van der Waals surface area contributed by atoms with E-state index in [4.69, 9.17) is 0 Å². The van der Waals surface area contributed by atoms with Crippen LogP contribution in [0.3, 0.4) is 0 Å². The summed E-state index contributed by atoms with van der Waals surface area (Å²) in [5.41, 5.74) is 0. The van der Waals surface area contributed by atoms with Crippen LogP contribution >= 0.6 is 0 Å². The zero-order chi connectivity index (χ0) is 35.7. The molecule has 0 fully saturated rings. The Bertz CT molecular complexity index is 705. The highest BCUT2D eigenvalue weighted by atomic mass is 16.3. The predicted octanol–water partition coefficient (Wildman–Crippen LogP) is 13.6. The number of nitrogens with one attached hydrogen (secondary N) is 1. The lowest BCUT2D eigenvalue weighted by atomic mass is 10.0. The summed E-state index contributed by atoms with van der Waals surface area (Å²) in [6.07, 6.45) is 53.1. The van der Waals surface area contributed by atoms with Crippen molar-refractivity contribution < 1.29 is 15.0 Å². The van der Waals surface area contributed by atoms with E-state index in [1.54, 1.807) is 6.08 Å². The van der Waals surface area contributed by atoms with E-state index in [0.29, 0.717) is 6.42 Å². The van der Waals surface area contributed by atoms with Crippen molar-refractivity contribution in [3.8, 4) is 0 Å². The smallest absolute Gasteiger partial charge is 0.220 e. The Morgan fingerprint density at radius 3 is 1.18 bits per heavy atom. The molecular formula is C45H87NO3. The molecule has 0 saturated heterocycles. The molecule has 3 N–H and O–H groups in total. The van der Waals surface area contributed by atoms with E-state index in [1.807, 2.05) is 6.08 Å². The zero-order valence-electron chi connectivity index (χ0n) is 33.2. The summed E-state index contributed by atoms with van der Waals surface area (Å²) in [5.74, 6) is -0.0728. The number of hydrogen-bond donors (Lipinski definition) is 3. The van der Waals surface area contributed by atoms with Crippen LogP contribution in [0.4, 0.5) is 0 Å². The first-order valence-electron chi connectivity index (χ1n) is 22.1. The van der Waals surface area contributed by atoms with Crippen molar-refractivity contribution in [2.75, 3.05) is 6.61 Å². The Labute approximate surface area is 307 Å². The van der Waals surface area contributed by atoms with E-state index >= 15 is 0 Å². The van der Waals surface area contributed by atoms with Crippen molar-refractivity contribution in [3.05, 3.63) is 24.3 Å². The van der Waals surface area contributed by atoms with E-state index < -0.39 is 12.1 Å². The van der Waals surface area contributed by atoms with Gasteiger partial charge in [-0.05, 0) is 32.1 Å². The lowest BCUT2D eigenvalue weighted by molar-refractivity contribution is -0.123. The molecule has 0 aromatic carbocycles. The Morgan fingerprint density at radius 2 is 0.796 bits per heavy atom. The van der Waals surface area contributed by atoms with Crippen molar-refractivity contribution in [2.45, 2.75) is 251 Å².